The number of halogens is 2. The summed E-state index contributed by atoms with van der Waals surface area (Å²) in [5.74, 6) is -0.0889. The van der Waals surface area contributed by atoms with Crippen molar-refractivity contribution in [2.45, 2.75) is 38.1 Å². The van der Waals surface area contributed by atoms with Gasteiger partial charge in [0, 0.05) is 26.0 Å². The van der Waals surface area contributed by atoms with Crippen LogP contribution >= 0.6 is 0 Å². The molecule has 0 radical (unpaired) electrons. The highest BCUT2D eigenvalue weighted by molar-refractivity contribution is 5.80. The molecule has 112 valence electrons. The molecule has 1 aliphatic heterocycles. The van der Waals surface area contributed by atoms with Gasteiger partial charge in [0.05, 0.1) is 12.6 Å². The molecule has 2 rings (SSSR count). The van der Waals surface area contributed by atoms with Crippen molar-refractivity contribution in [3.63, 3.8) is 0 Å². The van der Waals surface area contributed by atoms with Crippen molar-refractivity contribution in [1.29, 1.82) is 0 Å². The maximum absolute atomic E-state index is 12.7. The minimum Gasteiger partial charge on any atom is -0.364 e. The van der Waals surface area contributed by atoms with Crippen molar-refractivity contribution in [3.8, 4) is 0 Å². The van der Waals surface area contributed by atoms with Crippen molar-refractivity contribution < 1.29 is 18.3 Å². The molecular weight excluding hydrogens is 270 g/mol. The quantitative estimate of drug-likeness (QED) is 0.867. The predicted molar refractivity (Wildman–Crippen MR) is 66.9 cm³/mol. The number of carbonyl (C=O) groups excluding carboxylic acids is 1. The monoisotopic (exact) mass is 288 g/mol. The summed E-state index contributed by atoms with van der Waals surface area (Å²) >= 11 is 0. The Bertz CT molecular complexity index is 466. The maximum Gasteiger partial charge on any atom is 0.319 e. The number of alkyl halides is 2. The van der Waals surface area contributed by atoms with Gasteiger partial charge in [0.25, 0.3) is 5.91 Å². The van der Waals surface area contributed by atoms with Gasteiger partial charge in [0.2, 0.25) is 0 Å². The van der Waals surface area contributed by atoms with Crippen molar-refractivity contribution in [1.82, 2.24) is 14.5 Å². The lowest BCUT2D eigenvalue weighted by Crippen LogP contribution is -2.37. The molecule has 2 heterocycles. The van der Waals surface area contributed by atoms with Gasteiger partial charge in [-0.3, -0.25) is 9.36 Å². The number of imidazole rings is 1. The average molecular weight is 288 g/mol. The van der Waals surface area contributed by atoms with Crippen molar-refractivity contribution in [2.24, 2.45) is 5.73 Å². The second kappa shape index (κ2) is 6.27. The first-order chi connectivity index (χ1) is 9.52. The summed E-state index contributed by atoms with van der Waals surface area (Å²) in [6.07, 6.45) is 3.19. The van der Waals surface area contributed by atoms with Gasteiger partial charge in [-0.25, -0.2) is 4.98 Å². The Morgan fingerprint density at radius 3 is 3.00 bits per heavy atom. The Labute approximate surface area is 115 Å². The van der Waals surface area contributed by atoms with E-state index < -0.39 is 12.7 Å². The number of hydrogen-bond donors (Lipinski definition) is 1. The normalized spacial score (nSPS) is 22.4. The summed E-state index contributed by atoms with van der Waals surface area (Å²) in [4.78, 5) is 17.3. The molecule has 0 aliphatic carbocycles. The number of nitrogens with two attached hydrogens (primary N) is 1. The van der Waals surface area contributed by atoms with Crippen LogP contribution in [0.25, 0.3) is 0 Å². The van der Waals surface area contributed by atoms with Crippen LogP contribution in [0, 0.1) is 0 Å². The standard InChI is InChI=1S/C12H18F2N4O2/c1-17(7-10-16-4-5-18(10)12(13)14)11(19)9-3-2-8(6-15)20-9/h4-5,8-9,12H,2-3,6-7,15H2,1H3/t8-,9+/m1/s1. The molecule has 0 saturated carbocycles. The fourth-order valence-corrected chi connectivity index (χ4v) is 2.24. The lowest BCUT2D eigenvalue weighted by atomic mass is 10.2. The molecule has 20 heavy (non-hydrogen) atoms. The second-order valence-corrected chi connectivity index (χ2v) is 4.78. The van der Waals surface area contributed by atoms with Crippen LogP contribution in [0.5, 0.6) is 0 Å². The van der Waals surface area contributed by atoms with Gasteiger partial charge in [-0.15, -0.1) is 0 Å². The van der Waals surface area contributed by atoms with Gasteiger partial charge in [0.15, 0.2) is 0 Å². The molecule has 2 atom stereocenters. The zero-order chi connectivity index (χ0) is 14.7. The van der Waals surface area contributed by atoms with Gasteiger partial charge in [0.1, 0.15) is 11.9 Å². The molecule has 0 unspecified atom stereocenters. The average Bonchev–Trinajstić information content (AvgIpc) is 3.06. The van der Waals surface area contributed by atoms with E-state index in [2.05, 4.69) is 4.98 Å². The van der Waals surface area contributed by atoms with Crippen LogP contribution in [0.15, 0.2) is 12.4 Å². The fourth-order valence-electron chi connectivity index (χ4n) is 2.24. The van der Waals surface area contributed by atoms with Crippen LogP contribution in [-0.2, 0) is 16.1 Å². The van der Waals surface area contributed by atoms with Gasteiger partial charge in [-0.2, -0.15) is 8.78 Å². The molecule has 1 amide bonds. The summed E-state index contributed by atoms with van der Waals surface area (Å²) in [7, 11) is 1.55. The Morgan fingerprint density at radius 2 is 2.40 bits per heavy atom. The maximum atomic E-state index is 12.7. The highest BCUT2D eigenvalue weighted by Gasteiger charge is 2.32. The minimum atomic E-state index is -2.67. The van der Waals surface area contributed by atoms with E-state index in [1.165, 1.54) is 17.3 Å². The van der Waals surface area contributed by atoms with E-state index in [4.69, 9.17) is 10.5 Å². The van der Waals surface area contributed by atoms with Crippen LogP contribution in [-0.4, -0.2) is 46.2 Å². The molecule has 8 heteroatoms. The lowest BCUT2D eigenvalue weighted by Gasteiger charge is -2.21. The number of ether oxygens (including phenoxy) is 1. The van der Waals surface area contributed by atoms with E-state index in [1.807, 2.05) is 0 Å². The van der Waals surface area contributed by atoms with Gasteiger partial charge in [-0.1, -0.05) is 0 Å². The Hall–Kier alpha value is -1.54. The molecule has 6 nitrogen and oxygen atoms in total. The second-order valence-electron chi connectivity index (χ2n) is 4.78. The molecule has 2 N–H and O–H groups in total. The molecule has 0 spiro atoms. The SMILES string of the molecule is CN(Cc1nccn1C(F)F)C(=O)[C@@H]1CC[C@H](CN)O1. The van der Waals surface area contributed by atoms with E-state index >= 15 is 0 Å². The van der Waals surface area contributed by atoms with E-state index in [0.717, 1.165) is 11.0 Å². The van der Waals surface area contributed by atoms with Crippen molar-refractivity contribution in [2.75, 3.05) is 13.6 Å². The van der Waals surface area contributed by atoms with E-state index in [0.29, 0.717) is 13.0 Å². The lowest BCUT2D eigenvalue weighted by molar-refractivity contribution is -0.142. The molecule has 0 bridgehead atoms. The van der Waals surface area contributed by atoms with Crippen LogP contribution in [0.1, 0.15) is 25.2 Å². The number of amides is 1. The number of aromatic nitrogens is 2. The molecule has 0 aromatic carbocycles. The molecule has 1 aromatic heterocycles. The number of carbonyl (C=O) groups is 1. The fraction of sp³-hybridized carbons (Fsp3) is 0.667. The van der Waals surface area contributed by atoms with Crippen LogP contribution in [0.4, 0.5) is 8.78 Å². The number of hydrogen-bond acceptors (Lipinski definition) is 4. The highest BCUT2D eigenvalue weighted by Crippen LogP contribution is 2.21. The Kier molecular flexibility index (Phi) is 4.66. The Morgan fingerprint density at radius 1 is 1.65 bits per heavy atom. The summed E-state index contributed by atoms with van der Waals surface area (Å²) in [5.41, 5.74) is 5.49. The molecular formula is C12H18F2N4O2. The first kappa shape index (κ1) is 14.9. The van der Waals surface area contributed by atoms with Crippen LogP contribution < -0.4 is 5.73 Å². The third-order valence-electron chi connectivity index (χ3n) is 3.36. The molecule has 1 aromatic rings. The third kappa shape index (κ3) is 3.13. The molecule has 1 aliphatic rings. The zero-order valence-corrected chi connectivity index (χ0v) is 11.2. The van der Waals surface area contributed by atoms with Gasteiger partial charge in [-0.05, 0) is 12.8 Å². The van der Waals surface area contributed by atoms with Crippen molar-refractivity contribution in [3.05, 3.63) is 18.2 Å². The molecule has 1 fully saturated rings. The van der Waals surface area contributed by atoms with Crippen LogP contribution in [0.2, 0.25) is 0 Å². The zero-order valence-electron chi connectivity index (χ0n) is 11.2. The summed E-state index contributed by atoms with van der Waals surface area (Å²) < 4.78 is 31.6. The topological polar surface area (TPSA) is 73.4 Å². The minimum absolute atomic E-state index is 0.0172. The smallest absolute Gasteiger partial charge is 0.319 e. The summed E-state index contributed by atoms with van der Waals surface area (Å²) in [5, 5.41) is 0. The van der Waals surface area contributed by atoms with E-state index in [-0.39, 0.29) is 24.4 Å². The van der Waals surface area contributed by atoms with Gasteiger partial charge < -0.3 is 15.4 Å². The number of nitrogens with zero attached hydrogens (tertiary/aromatic N) is 3. The highest BCUT2D eigenvalue weighted by atomic mass is 19.3. The third-order valence-corrected chi connectivity index (χ3v) is 3.36. The Balaban J connectivity index is 1.96. The predicted octanol–water partition coefficient (Wildman–Crippen LogP) is 0.743. The number of rotatable bonds is 5. The first-order valence-electron chi connectivity index (χ1n) is 6.43. The summed E-state index contributed by atoms with van der Waals surface area (Å²) in [6, 6.07) is 0. The van der Waals surface area contributed by atoms with Crippen molar-refractivity contribution >= 4 is 5.91 Å². The largest absolute Gasteiger partial charge is 0.364 e. The first-order valence-corrected chi connectivity index (χ1v) is 6.43. The number of likely N-dealkylation sites (N-methyl/N-ethyl adjacent to an activating group) is 1. The van der Waals surface area contributed by atoms with E-state index in [9.17, 15) is 13.6 Å². The summed E-state index contributed by atoms with van der Waals surface area (Å²) in [6.45, 7) is -2.27. The van der Waals surface area contributed by atoms with Gasteiger partial charge >= 0.3 is 6.55 Å². The van der Waals surface area contributed by atoms with E-state index in [1.54, 1.807) is 7.05 Å². The van der Waals surface area contributed by atoms with Crippen LogP contribution in [0.3, 0.4) is 0 Å². The molecule has 1 saturated heterocycles.